The topological polar surface area (TPSA) is 23.5 Å². The van der Waals surface area contributed by atoms with Gasteiger partial charge in [-0.05, 0) is 37.3 Å². The van der Waals surface area contributed by atoms with Crippen LogP contribution in [0.5, 0.6) is 0 Å². The molecule has 2 nitrogen and oxygen atoms in total. The zero-order valence-electron chi connectivity index (χ0n) is 11.8. The molecule has 0 aliphatic carbocycles. The predicted octanol–water partition coefficient (Wildman–Crippen LogP) is 2.73. The Kier molecular flexibility index (Phi) is 4.08. The number of aliphatic hydroxyl groups is 1. The number of hydrogen-bond acceptors (Lipinski definition) is 2. The number of nitrogens with zero attached hydrogens (tertiary/aromatic N) is 1. The Morgan fingerprint density at radius 2 is 1.94 bits per heavy atom. The molecule has 0 radical (unpaired) electrons. The second kappa shape index (κ2) is 5.41. The number of rotatable bonds is 4. The third-order valence-corrected chi connectivity index (χ3v) is 4.13. The fraction of sp³-hybridized carbons (Fsp3) is 0.625. The van der Waals surface area contributed by atoms with Crippen molar-refractivity contribution in [1.82, 2.24) is 4.90 Å². The minimum absolute atomic E-state index is 0.104. The highest BCUT2D eigenvalue weighted by atomic mass is 16.3. The number of hydrogen-bond donors (Lipinski definition) is 1. The summed E-state index contributed by atoms with van der Waals surface area (Å²) in [7, 11) is 0. The Morgan fingerprint density at radius 3 is 2.50 bits per heavy atom. The zero-order valence-corrected chi connectivity index (χ0v) is 11.8. The number of aliphatic hydroxyl groups excluding tert-OH is 1. The SMILES string of the molecule is Cc1ccc(C(C)(C)CCN2CC[C@H](O)C2)cc1. The molecule has 0 bridgehead atoms. The van der Waals surface area contributed by atoms with Crippen molar-refractivity contribution < 1.29 is 5.11 Å². The van der Waals surface area contributed by atoms with Gasteiger partial charge >= 0.3 is 0 Å². The Balaban J connectivity index is 1.92. The molecule has 1 aromatic rings. The second-order valence-electron chi connectivity index (χ2n) is 6.24. The molecule has 1 heterocycles. The summed E-state index contributed by atoms with van der Waals surface area (Å²) in [4.78, 5) is 2.38. The molecule has 0 aromatic heterocycles. The first-order chi connectivity index (χ1) is 8.47. The maximum Gasteiger partial charge on any atom is 0.0679 e. The Labute approximate surface area is 111 Å². The van der Waals surface area contributed by atoms with E-state index in [0.717, 1.165) is 32.5 Å². The van der Waals surface area contributed by atoms with E-state index in [4.69, 9.17) is 0 Å². The maximum absolute atomic E-state index is 9.53. The lowest BCUT2D eigenvalue weighted by Gasteiger charge is -2.28. The van der Waals surface area contributed by atoms with E-state index in [-0.39, 0.29) is 11.5 Å². The normalized spacial score (nSPS) is 21.4. The van der Waals surface area contributed by atoms with Gasteiger partial charge in [-0.15, -0.1) is 0 Å². The standard InChI is InChI=1S/C16H25NO/c1-13-4-6-14(7-5-13)16(2,3)9-11-17-10-8-15(18)12-17/h4-7,15,18H,8-12H2,1-3H3/t15-/m0/s1. The van der Waals surface area contributed by atoms with Crippen LogP contribution in [0.3, 0.4) is 0 Å². The molecule has 0 spiro atoms. The van der Waals surface area contributed by atoms with Crippen LogP contribution in [0, 0.1) is 6.92 Å². The highest BCUT2D eigenvalue weighted by Gasteiger charge is 2.25. The summed E-state index contributed by atoms with van der Waals surface area (Å²) in [6.07, 6.45) is 1.97. The molecule has 18 heavy (non-hydrogen) atoms. The Hall–Kier alpha value is -0.860. The van der Waals surface area contributed by atoms with Gasteiger partial charge in [0, 0.05) is 13.1 Å². The van der Waals surface area contributed by atoms with Crippen molar-refractivity contribution in [2.24, 2.45) is 0 Å². The first kappa shape index (κ1) is 13.6. The Morgan fingerprint density at radius 1 is 1.28 bits per heavy atom. The molecule has 1 N–H and O–H groups in total. The maximum atomic E-state index is 9.53. The minimum atomic E-state index is -0.104. The minimum Gasteiger partial charge on any atom is -0.392 e. The van der Waals surface area contributed by atoms with Crippen molar-refractivity contribution in [1.29, 1.82) is 0 Å². The lowest BCUT2D eigenvalue weighted by Crippen LogP contribution is -2.29. The quantitative estimate of drug-likeness (QED) is 0.884. The second-order valence-corrected chi connectivity index (χ2v) is 6.24. The van der Waals surface area contributed by atoms with Gasteiger partial charge in [-0.3, -0.25) is 0 Å². The van der Waals surface area contributed by atoms with E-state index in [2.05, 4.69) is 49.9 Å². The molecule has 100 valence electrons. The van der Waals surface area contributed by atoms with Crippen molar-refractivity contribution in [3.05, 3.63) is 35.4 Å². The molecule has 1 fully saturated rings. The third kappa shape index (κ3) is 3.33. The summed E-state index contributed by atoms with van der Waals surface area (Å²) in [6, 6.07) is 8.87. The predicted molar refractivity (Wildman–Crippen MR) is 75.9 cm³/mol. The molecule has 1 aliphatic heterocycles. The monoisotopic (exact) mass is 247 g/mol. The van der Waals surface area contributed by atoms with Crippen LogP contribution >= 0.6 is 0 Å². The molecule has 1 saturated heterocycles. The Bertz CT molecular complexity index is 383. The van der Waals surface area contributed by atoms with Crippen LogP contribution in [0.2, 0.25) is 0 Å². The van der Waals surface area contributed by atoms with Gasteiger partial charge < -0.3 is 10.0 Å². The molecule has 1 atom stereocenters. The van der Waals surface area contributed by atoms with Crippen LogP contribution < -0.4 is 0 Å². The van der Waals surface area contributed by atoms with Crippen LogP contribution in [-0.4, -0.2) is 35.7 Å². The summed E-state index contributed by atoms with van der Waals surface area (Å²) < 4.78 is 0. The first-order valence-electron chi connectivity index (χ1n) is 6.95. The fourth-order valence-corrected chi connectivity index (χ4v) is 2.60. The fourth-order valence-electron chi connectivity index (χ4n) is 2.60. The van der Waals surface area contributed by atoms with Gasteiger partial charge in [0.1, 0.15) is 0 Å². The summed E-state index contributed by atoms with van der Waals surface area (Å²) in [6.45, 7) is 9.73. The van der Waals surface area contributed by atoms with E-state index in [1.54, 1.807) is 0 Å². The molecule has 2 heteroatoms. The average Bonchev–Trinajstić information content (AvgIpc) is 2.73. The van der Waals surface area contributed by atoms with E-state index < -0.39 is 0 Å². The summed E-state index contributed by atoms with van der Waals surface area (Å²) in [5.41, 5.74) is 2.94. The van der Waals surface area contributed by atoms with E-state index in [9.17, 15) is 5.11 Å². The van der Waals surface area contributed by atoms with E-state index in [1.165, 1.54) is 11.1 Å². The molecule has 2 rings (SSSR count). The van der Waals surface area contributed by atoms with Crippen molar-refractivity contribution in [3.63, 3.8) is 0 Å². The van der Waals surface area contributed by atoms with Crippen LogP contribution in [0.1, 0.15) is 37.8 Å². The van der Waals surface area contributed by atoms with Crippen LogP contribution in [0.15, 0.2) is 24.3 Å². The van der Waals surface area contributed by atoms with Crippen molar-refractivity contribution in [2.75, 3.05) is 19.6 Å². The van der Waals surface area contributed by atoms with Gasteiger partial charge in [0.2, 0.25) is 0 Å². The van der Waals surface area contributed by atoms with Crippen molar-refractivity contribution in [3.8, 4) is 0 Å². The molecule has 0 saturated carbocycles. The van der Waals surface area contributed by atoms with Gasteiger partial charge in [-0.1, -0.05) is 43.7 Å². The largest absolute Gasteiger partial charge is 0.392 e. The van der Waals surface area contributed by atoms with Gasteiger partial charge in [0.25, 0.3) is 0 Å². The lowest BCUT2D eigenvalue weighted by molar-refractivity contribution is 0.173. The molecule has 1 aliphatic rings. The summed E-state index contributed by atoms with van der Waals surface area (Å²) in [5.74, 6) is 0. The highest BCUT2D eigenvalue weighted by molar-refractivity contribution is 5.27. The number of benzene rings is 1. The zero-order chi connectivity index (χ0) is 13.2. The number of likely N-dealkylation sites (tertiary alicyclic amines) is 1. The van der Waals surface area contributed by atoms with Crippen LogP contribution in [0.4, 0.5) is 0 Å². The molecule has 0 unspecified atom stereocenters. The van der Waals surface area contributed by atoms with Gasteiger partial charge in [0.15, 0.2) is 0 Å². The average molecular weight is 247 g/mol. The van der Waals surface area contributed by atoms with Crippen LogP contribution in [-0.2, 0) is 5.41 Å². The molecular weight excluding hydrogens is 222 g/mol. The summed E-state index contributed by atoms with van der Waals surface area (Å²) in [5, 5.41) is 9.53. The molecule has 0 amide bonds. The first-order valence-corrected chi connectivity index (χ1v) is 6.95. The summed E-state index contributed by atoms with van der Waals surface area (Å²) >= 11 is 0. The van der Waals surface area contributed by atoms with E-state index >= 15 is 0 Å². The van der Waals surface area contributed by atoms with Crippen molar-refractivity contribution >= 4 is 0 Å². The van der Waals surface area contributed by atoms with E-state index in [1.807, 2.05) is 0 Å². The van der Waals surface area contributed by atoms with Crippen LogP contribution in [0.25, 0.3) is 0 Å². The van der Waals surface area contributed by atoms with Gasteiger partial charge in [-0.25, -0.2) is 0 Å². The molecular formula is C16H25NO. The third-order valence-electron chi connectivity index (χ3n) is 4.13. The lowest BCUT2D eigenvalue weighted by atomic mass is 9.81. The molecule has 1 aromatic carbocycles. The van der Waals surface area contributed by atoms with E-state index in [0.29, 0.717) is 0 Å². The van der Waals surface area contributed by atoms with Crippen molar-refractivity contribution in [2.45, 2.75) is 45.1 Å². The smallest absolute Gasteiger partial charge is 0.0679 e. The highest BCUT2D eigenvalue weighted by Crippen LogP contribution is 2.28. The van der Waals surface area contributed by atoms with Gasteiger partial charge in [0.05, 0.1) is 6.10 Å². The number of aryl methyl sites for hydroxylation is 1. The number of β-amino-alcohol motifs (C(OH)–C–C–N with tert-alkyl or cyclic N) is 1. The van der Waals surface area contributed by atoms with Gasteiger partial charge in [-0.2, -0.15) is 0 Å².